The van der Waals surface area contributed by atoms with Gasteiger partial charge in [0.25, 0.3) is 0 Å². The van der Waals surface area contributed by atoms with E-state index in [1.54, 1.807) is 0 Å². The summed E-state index contributed by atoms with van der Waals surface area (Å²) >= 11 is 0. The average molecular weight is 232 g/mol. The molecule has 0 aliphatic rings. The molecule has 0 aromatic carbocycles. The van der Waals surface area contributed by atoms with Crippen molar-refractivity contribution in [1.82, 2.24) is 0 Å². The van der Waals surface area contributed by atoms with Gasteiger partial charge in [0.1, 0.15) is 0 Å². The Morgan fingerprint density at radius 1 is 1.12 bits per heavy atom. The van der Waals surface area contributed by atoms with Crippen molar-refractivity contribution in [2.45, 2.75) is 0 Å². The van der Waals surface area contributed by atoms with Gasteiger partial charge in [0.15, 0.2) is 0 Å². The normalized spacial score (nSPS) is 7.25. The number of hydrogen-bond acceptors (Lipinski definition) is 4. The molecule has 0 atom stereocenters. The van der Waals surface area contributed by atoms with Crippen LogP contribution in [0.3, 0.4) is 0 Å². The third-order valence-corrected chi connectivity index (χ3v) is 0. The fraction of sp³-hybridized carbons (Fsp3) is 0. The second-order valence-corrected chi connectivity index (χ2v) is 1.22. The zero-order valence-electron chi connectivity index (χ0n) is 3.53. The molecule has 0 amide bonds. The molecule has 0 unspecified atom stereocenters. The molecule has 8 heteroatoms. The monoisotopic (exact) mass is 231 g/mol. The minimum atomic E-state index is -5.17. The second kappa shape index (κ2) is 7.97. The van der Waals surface area contributed by atoms with Crippen molar-refractivity contribution in [1.29, 1.82) is 0 Å². The maximum absolute atomic E-state index is 8.52. The van der Waals surface area contributed by atoms with E-state index in [2.05, 4.69) is 0 Å². The third kappa shape index (κ3) is 263. The minimum absolute atomic E-state index is 0. The summed E-state index contributed by atoms with van der Waals surface area (Å²) in [7, 11) is -5.17. The molecule has 0 fully saturated rings. The Hall–Kier alpha value is 0.973. The van der Waals surface area contributed by atoms with Crippen molar-refractivity contribution in [3.63, 3.8) is 0 Å². The van der Waals surface area contributed by atoms with E-state index in [1.807, 2.05) is 0 Å². The molecule has 0 aromatic rings. The molecule has 0 saturated heterocycles. The average Bonchev–Trinajstić information content (AvgIpc) is 0.722. The Morgan fingerprint density at radius 2 is 1.12 bits per heavy atom. The van der Waals surface area contributed by atoms with Gasteiger partial charge in [-0.3, -0.25) is 8.42 Å². The van der Waals surface area contributed by atoms with E-state index in [9.17, 15) is 0 Å². The molecule has 0 aliphatic heterocycles. The SMILES string of the molecule is O=S(=O)([O-])[O-].[Mn+2].[O-2].[Zn+2]. The molecule has 0 N–H and O–H groups in total. The summed E-state index contributed by atoms with van der Waals surface area (Å²) in [5.74, 6) is 0. The molecule has 0 rings (SSSR count). The van der Waals surface area contributed by atoms with E-state index in [0.717, 1.165) is 0 Å². The van der Waals surface area contributed by atoms with Crippen LogP contribution in [-0.2, 0) is 52.4 Å². The molecular formula is MnO5SZn. The number of hydrogen-bond donors (Lipinski definition) is 0. The zero-order chi connectivity index (χ0) is 4.50. The fourth-order valence-corrected chi connectivity index (χ4v) is 0. The van der Waals surface area contributed by atoms with Crippen molar-refractivity contribution in [2.24, 2.45) is 0 Å². The molecule has 0 aliphatic carbocycles. The Bertz CT molecular complexity index is 95.6. The molecule has 8 heavy (non-hydrogen) atoms. The van der Waals surface area contributed by atoms with Crippen LogP contribution in [-0.4, -0.2) is 17.5 Å². The van der Waals surface area contributed by atoms with Crippen LogP contribution in [0.4, 0.5) is 0 Å². The summed E-state index contributed by atoms with van der Waals surface area (Å²) in [6.45, 7) is 0. The van der Waals surface area contributed by atoms with Gasteiger partial charge < -0.3 is 14.6 Å². The van der Waals surface area contributed by atoms with Crippen LogP contribution in [0.5, 0.6) is 0 Å². The first-order valence-corrected chi connectivity index (χ1v) is 2.00. The van der Waals surface area contributed by atoms with Crippen LogP contribution in [0.25, 0.3) is 0 Å². The largest absolute Gasteiger partial charge is 2.00 e. The third-order valence-electron chi connectivity index (χ3n) is 0. The maximum Gasteiger partial charge on any atom is 2.00 e. The van der Waals surface area contributed by atoms with Gasteiger partial charge in [-0.25, -0.2) is 0 Å². The maximum atomic E-state index is 8.52. The van der Waals surface area contributed by atoms with Gasteiger partial charge in [0, 0.05) is 10.4 Å². The summed E-state index contributed by atoms with van der Waals surface area (Å²) in [5.41, 5.74) is 0. The van der Waals surface area contributed by atoms with E-state index in [-0.39, 0.29) is 42.0 Å². The predicted octanol–water partition coefficient (Wildman–Crippen LogP) is -1.46. The molecule has 0 bridgehead atoms. The zero-order valence-corrected chi connectivity index (χ0v) is 8.50. The minimum Gasteiger partial charge on any atom is -2.00 e. The molecule has 5 nitrogen and oxygen atoms in total. The van der Waals surface area contributed by atoms with Gasteiger partial charge in [0.05, 0.1) is 0 Å². The van der Waals surface area contributed by atoms with E-state index < -0.39 is 10.4 Å². The van der Waals surface area contributed by atoms with Gasteiger partial charge in [-0.05, 0) is 0 Å². The molecule has 0 aromatic heterocycles. The van der Waals surface area contributed by atoms with E-state index in [4.69, 9.17) is 17.5 Å². The standard InChI is InChI=1S/Mn.H2O4S.O.Zn/c;1-5(2,3)4;;/h;(H2,1,2,3,4);;/q+2;;-2;+2/p-2. The summed E-state index contributed by atoms with van der Waals surface area (Å²) in [6.07, 6.45) is 0. The predicted molar refractivity (Wildman–Crippen MR) is 11.2 cm³/mol. The van der Waals surface area contributed by atoms with Crippen LogP contribution in [0.1, 0.15) is 0 Å². The first-order valence-electron chi connectivity index (χ1n) is 0.667. The first kappa shape index (κ1) is 23.1. The fourth-order valence-electron chi connectivity index (χ4n) is 0. The second-order valence-electron chi connectivity index (χ2n) is 0.408. The Labute approximate surface area is 70.0 Å². The van der Waals surface area contributed by atoms with Gasteiger partial charge >= 0.3 is 36.5 Å². The van der Waals surface area contributed by atoms with Crippen molar-refractivity contribution >= 4 is 10.4 Å². The number of rotatable bonds is 0. The summed E-state index contributed by atoms with van der Waals surface area (Å²) in [4.78, 5) is 0. The first-order chi connectivity index (χ1) is 2.00. The van der Waals surface area contributed by atoms with E-state index in [0.29, 0.717) is 0 Å². The molecule has 0 heterocycles. The van der Waals surface area contributed by atoms with Gasteiger partial charge in [-0.15, -0.1) is 0 Å². The van der Waals surface area contributed by atoms with Crippen LogP contribution >= 0.6 is 0 Å². The Kier molecular flexibility index (Phi) is 23.0. The summed E-state index contributed by atoms with van der Waals surface area (Å²) in [6, 6.07) is 0. The van der Waals surface area contributed by atoms with Crippen LogP contribution in [0.15, 0.2) is 0 Å². The summed E-state index contributed by atoms with van der Waals surface area (Å²) < 4.78 is 34.1. The van der Waals surface area contributed by atoms with Gasteiger partial charge in [0.2, 0.25) is 0 Å². The van der Waals surface area contributed by atoms with Crippen molar-refractivity contribution < 1.29 is 59.5 Å². The Balaban J connectivity index is -0.0000000267. The van der Waals surface area contributed by atoms with Crippen LogP contribution in [0.2, 0.25) is 0 Å². The van der Waals surface area contributed by atoms with Crippen LogP contribution in [0, 0.1) is 0 Å². The van der Waals surface area contributed by atoms with Crippen molar-refractivity contribution in [3.05, 3.63) is 0 Å². The molecule has 1 radical (unpaired) electrons. The van der Waals surface area contributed by atoms with Gasteiger partial charge in [-0.2, -0.15) is 0 Å². The topological polar surface area (TPSA) is 109 Å². The molecule has 0 saturated carbocycles. The smallest absolute Gasteiger partial charge is 2.00 e. The van der Waals surface area contributed by atoms with Crippen molar-refractivity contribution in [2.75, 3.05) is 0 Å². The van der Waals surface area contributed by atoms with Crippen LogP contribution < -0.4 is 0 Å². The van der Waals surface area contributed by atoms with E-state index >= 15 is 0 Å². The summed E-state index contributed by atoms with van der Waals surface area (Å²) in [5, 5.41) is 0. The molecule has 45 valence electrons. The van der Waals surface area contributed by atoms with E-state index in [1.165, 1.54) is 0 Å². The molecule has 0 spiro atoms. The quantitative estimate of drug-likeness (QED) is 0.289. The van der Waals surface area contributed by atoms with Gasteiger partial charge in [-0.1, -0.05) is 0 Å². The molecular weight excluding hydrogens is 232 g/mol. The van der Waals surface area contributed by atoms with Crippen molar-refractivity contribution in [3.8, 4) is 0 Å². The Morgan fingerprint density at radius 3 is 1.12 bits per heavy atom.